The summed E-state index contributed by atoms with van der Waals surface area (Å²) in [7, 11) is 0. The lowest BCUT2D eigenvalue weighted by atomic mass is 10.0. The highest BCUT2D eigenvalue weighted by atomic mass is 16.5. The summed E-state index contributed by atoms with van der Waals surface area (Å²) < 4.78 is 5.37. The smallest absolute Gasteiger partial charge is 0.254 e. The van der Waals surface area contributed by atoms with Crippen LogP contribution in [0.25, 0.3) is 44.3 Å². The summed E-state index contributed by atoms with van der Waals surface area (Å²) in [5, 5.41) is 9.53. The number of aromatic nitrogens is 4. The van der Waals surface area contributed by atoms with Crippen molar-refractivity contribution in [1.29, 1.82) is 0 Å². The van der Waals surface area contributed by atoms with E-state index < -0.39 is 0 Å². The molecule has 6 rings (SSSR count). The lowest BCUT2D eigenvalue weighted by Gasteiger charge is -2.27. The molecule has 0 spiro atoms. The number of hydrogen-bond donors (Lipinski definition) is 1. The number of H-pyrrole nitrogens is 1. The van der Waals surface area contributed by atoms with Gasteiger partial charge in [-0.25, -0.2) is 4.98 Å². The minimum atomic E-state index is 0.0278. The van der Waals surface area contributed by atoms with Crippen LogP contribution in [0, 0.1) is 0 Å². The molecule has 7 heteroatoms. The highest BCUT2D eigenvalue weighted by Crippen LogP contribution is 2.32. The van der Waals surface area contributed by atoms with Crippen LogP contribution >= 0.6 is 0 Å². The molecule has 4 heterocycles. The highest BCUT2D eigenvalue weighted by Gasteiger charge is 2.19. The van der Waals surface area contributed by atoms with Crippen LogP contribution in [-0.2, 0) is 4.74 Å². The predicted molar refractivity (Wildman–Crippen MR) is 127 cm³/mol. The van der Waals surface area contributed by atoms with E-state index in [0.717, 1.165) is 38.7 Å². The number of fused-ring (bicyclic) bond motifs is 2. The SMILES string of the molecule is O=C(c1cccc(-c2cnc3n[nH]c(-c4cccc5cccnc45)c3c2)c1)N1CCOCC1. The Hall–Kier alpha value is -4.10. The number of morpholine rings is 1. The van der Waals surface area contributed by atoms with E-state index >= 15 is 0 Å². The van der Waals surface area contributed by atoms with Gasteiger partial charge in [-0.05, 0) is 29.8 Å². The number of carbonyl (C=O) groups excluding carboxylic acids is 1. The second-order valence-electron chi connectivity index (χ2n) is 8.06. The maximum Gasteiger partial charge on any atom is 0.254 e. The summed E-state index contributed by atoms with van der Waals surface area (Å²) in [5.74, 6) is 0.0278. The standard InChI is InChI=1S/C26H21N5O2/c32-26(31-10-12-33-13-11-31)19-6-1-5-18(14-19)20-15-22-24(29-30-25(22)28-16-20)21-8-2-4-17-7-3-9-27-23(17)21/h1-9,14-16H,10-13H2,(H,28,29,30). The molecular weight excluding hydrogens is 414 g/mol. The van der Waals surface area contributed by atoms with E-state index in [9.17, 15) is 4.79 Å². The Bertz CT molecular complexity index is 1480. The third kappa shape index (κ3) is 3.52. The monoisotopic (exact) mass is 435 g/mol. The zero-order chi connectivity index (χ0) is 22.2. The van der Waals surface area contributed by atoms with Gasteiger partial charge in [-0.1, -0.05) is 36.4 Å². The fraction of sp³-hybridized carbons (Fsp3) is 0.154. The summed E-state index contributed by atoms with van der Waals surface area (Å²) in [6, 6.07) is 19.9. The summed E-state index contributed by atoms with van der Waals surface area (Å²) in [6.07, 6.45) is 3.59. The van der Waals surface area contributed by atoms with Gasteiger partial charge in [0.15, 0.2) is 5.65 Å². The molecule has 1 saturated heterocycles. The van der Waals surface area contributed by atoms with Gasteiger partial charge < -0.3 is 9.64 Å². The van der Waals surface area contributed by atoms with Crippen molar-refractivity contribution in [1.82, 2.24) is 25.1 Å². The first kappa shape index (κ1) is 19.6. The van der Waals surface area contributed by atoms with Crippen molar-refractivity contribution in [3.63, 3.8) is 0 Å². The van der Waals surface area contributed by atoms with Gasteiger partial charge in [0.1, 0.15) is 0 Å². The Morgan fingerprint density at radius 2 is 1.79 bits per heavy atom. The molecule has 1 aliphatic heterocycles. The molecule has 1 N–H and O–H groups in total. The molecule has 0 atom stereocenters. The normalized spacial score (nSPS) is 14.1. The molecule has 162 valence electrons. The zero-order valence-electron chi connectivity index (χ0n) is 17.9. The fourth-order valence-corrected chi connectivity index (χ4v) is 4.35. The first-order valence-electron chi connectivity index (χ1n) is 10.9. The van der Waals surface area contributed by atoms with E-state index in [0.29, 0.717) is 37.5 Å². The average Bonchev–Trinajstić information content (AvgIpc) is 3.31. The van der Waals surface area contributed by atoms with Crippen LogP contribution in [-0.4, -0.2) is 57.3 Å². The van der Waals surface area contributed by atoms with Crippen molar-refractivity contribution in [2.75, 3.05) is 26.3 Å². The Morgan fingerprint density at radius 1 is 0.939 bits per heavy atom. The van der Waals surface area contributed by atoms with Crippen molar-refractivity contribution in [3.8, 4) is 22.4 Å². The van der Waals surface area contributed by atoms with E-state index in [1.807, 2.05) is 59.5 Å². The molecule has 1 aliphatic rings. The number of pyridine rings is 2. The van der Waals surface area contributed by atoms with Gasteiger partial charge >= 0.3 is 0 Å². The van der Waals surface area contributed by atoms with Crippen molar-refractivity contribution in [3.05, 3.63) is 78.6 Å². The van der Waals surface area contributed by atoms with E-state index in [1.165, 1.54) is 0 Å². The molecule has 5 aromatic rings. The van der Waals surface area contributed by atoms with Crippen LogP contribution in [0.1, 0.15) is 10.4 Å². The number of carbonyl (C=O) groups is 1. The van der Waals surface area contributed by atoms with Gasteiger partial charge in [-0.15, -0.1) is 0 Å². The molecule has 0 saturated carbocycles. The Balaban J connectivity index is 1.42. The fourth-order valence-electron chi connectivity index (χ4n) is 4.35. The van der Waals surface area contributed by atoms with Gasteiger partial charge in [-0.3, -0.25) is 14.9 Å². The van der Waals surface area contributed by atoms with Crippen LogP contribution in [0.5, 0.6) is 0 Å². The lowest BCUT2D eigenvalue weighted by molar-refractivity contribution is 0.0303. The van der Waals surface area contributed by atoms with E-state index in [4.69, 9.17) is 4.74 Å². The number of amides is 1. The molecule has 3 aromatic heterocycles. The first-order chi connectivity index (χ1) is 16.3. The van der Waals surface area contributed by atoms with Gasteiger partial charge in [0.05, 0.1) is 24.4 Å². The number of hydrogen-bond acceptors (Lipinski definition) is 5. The molecule has 7 nitrogen and oxygen atoms in total. The second kappa shape index (κ2) is 8.11. The Kier molecular flexibility index (Phi) is 4.81. The molecule has 33 heavy (non-hydrogen) atoms. The molecule has 0 unspecified atom stereocenters. The quantitative estimate of drug-likeness (QED) is 0.456. The van der Waals surface area contributed by atoms with Crippen LogP contribution in [0.3, 0.4) is 0 Å². The minimum absolute atomic E-state index is 0.0278. The Labute approximate surface area is 190 Å². The molecule has 0 radical (unpaired) electrons. The second-order valence-corrected chi connectivity index (χ2v) is 8.06. The number of rotatable bonds is 3. The number of aromatic amines is 1. The molecule has 2 aromatic carbocycles. The van der Waals surface area contributed by atoms with Crippen LogP contribution in [0.4, 0.5) is 0 Å². The van der Waals surface area contributed by atoms with E-state index in [2.05, 4.69) is 26.2 Å². The summed E-state index contributed by atoms with van der Waals surface area (Å²) in [6.45, 7) is 2.40. The number of nitrogens with one attached hydrogen (secondary N) is 1. The average molecular weight is 435 g/mol. The summed E-state index contributed by atoms with van der Waals surface area (Å²) in [5.41, 5.74) is 5.94. The van der Waals surface area contributed by atoms with Gasteiger partial charge in [0.2, 0.25) is 0 Å². The van der Waals surface area contributed by atoms with Crippen LogP contribution < -0.4 is 0 Å². The zero-order valence-corrected chi connectivity index (χ0v) is 17.9. The molecule has 0 bridgehead atoms. The first-order valence-corrected chi connectivity index (χ1v) is 10.9. The van der Waals surface area contributed by atoms with Crippen molar-refractivity contribution >= 4 is 27.8 Å². The summed E-state index contributed by atoms with van der Waals surface area (Å²) >= 11 is 0. The van der Waals surface area contributed by atoms with Crippen LogP contribution in [0.15, 0.2) is 73.1 Å². The van der Waals surface area contributed by atoms with Crippen molar-refractivity contribution < 1.29 is 9.53 Å². The van der Waals surface area contributed by atoms with Gasteiger partial charge in [0, 0.05) is 52.9 Å². The Morgan fingerprint density at radius 3 is 2.70 bits per heavy atom. The largest absolute Gasteiger partial charge is 0.378 e. The van der Waals surface area contributed by atoms with Crippen molar-refractivity contribution in [2.24, 2.45) is 0 Å². The van der Waals surface area contributed by atoms with Crippen molar-refractivity contribution in [2.45, 2.75) is 0 Å². The van der Waals surface area contributed by atoms with E-state index in [1.54, 1.807) is 12.4 Å². The van der Waals surface area contributed by atoms with Crippen LogP contribution in [0.2, 0.25) is 0 Å². The van der Waals surface area contributed by atoms with Gasteiger partial charge in [-0.2, -0.15) is 5.10 Å². The molecule has 1 fully saturated rings. The summed E-state index contributed by atoms with van der Waals surface area (Å²) in [4.78, 5) is 23.9. The topological polar surface area (TPSA) is 84.0 Å². The highest BCUT2D eigenvalue weighted by molar-refractivity contribution is 6.02. The minimum Gasteiger partial charge on any atom is -0.378 e. The lowest BCUT2D eigenvalue weighted by Crippen LogP contribution is -2.40. The van der Waals surface area contributed by atoms with E-state index in [-0.39, 0.29) is 5.91 Å². The third-order valence-corrected chi connectivity index (χ3v) is 6.05. The predicted octanol–water partition coefficient (Wildman–Crippen LogP) is 4.31. The maximum absolute atomic E-state index is 13.0. The molecule has 0 aliphatic carbocycles. The number of ether oxygens (including phenoxy) is 1. The molecule has 1 amide bonds. The maximum atomic E-state index is 13.0. The number of para-hydroxylation sites is 1. The number of nitrogens with zero attached hydrogens (tertiary/aromatic N) is 4. The molecular formula is C26H21N5O2. The number of benzene rings is 2. The van der Waals surface area contributed by atoms with Gasteiger partial charge in [0.25, 0.3) is 5.91 Å². The third-order valence-electron chi connectivity index (χ3n) is 6.05.